The Hall–Kier alpha value is -2.09. The molecule has 2 heteroatoms. The molecular weight excluding hydrogens is 236 g/mol. The van der Waals surface area contributed by atoms with Crippen molar-refractivity contribution >= 4 is 5.78 Å². The molecule has 0 fully saturated rings. The summed E-state index contributed by atoms with van der Waals surface area (Å²) in [5, 5.41) is 0. The first kappa shape index (κ1) is 13.3. The number of ether oxygens (including phenoxy) is 1. The quantitative estimate of drug-likeness (QED) is 0.759. The van der Waals surface area contributed by atoms with E-state index < -0.39 is 0 Å². The normalized spacial score (nSPS) is 11.9. The second-order valence-corrected chi connectivity index (χ2v) is 4.68. The van der Waals surface area contributed by atoms with Crippen molar-refractivity contribution < 1.29 is 9.53 Å². The predicted molar refractivity (Wildman–Crippen MR) is 76.6 cm³/mol. The lowest BCUT2D eigenvalue weighted by Crippen LogP contribution is -2.13. The molecule has 0 amide bonds. The second-order valence-electron chi connectivity index (χ2n) is 4.68. The highest BCUT2D eigenvalue weighted by Crippen LogP contribution is 2.17. The smallest absolute Gasteiger partial charge is 0.165 e. The number of hydrogen-bond acceptors (Lipinski definition) is 2. The zero-order chi connectivity index (χ0) is 13.7. The summed E-state index contributed by atoms with van der Waals surface area (Å²) in [6.45, 7) is 1.97. The highest BCUT2D eigenvalue weighted by atomic mass is 16.5. The van der Waals surface area contributed by atoms with Crippen LogP contribution in [0.1, 0.15) is 22.8 Å². The van der Waals surface area contributed by atoms with Gasteiger partial charge < -0.3 is 4.74 Å². The fourth-order valence-corrected chi connectivity index (χ4v) is 2.09. The van der Waals surface area contributed by atoms with Gasteiger partial charge in [-0.3, -0.25) is 4.79 Å². The molecule has 2 aromatic carbocycles. The van der Waals surface area contributed by atoms with Gasteiger partial charge in [0.25, 0.3) is 0 Å². The largest absolute Gasteiger partial charge is 0.497 e. The third kappa shape index (κ3) is 3.44. The Morgan fingerprint density at radius 3 is 2.26 bits per heavy atom. The monoisotopic (exact) mass is 254 g/mol. The lowest BCUT2D eigenvalue weighted by molar-refractivity contribution is 0.0929. The van der Waals surface area contributed by atoms with Gasteiger partial charge in [-0.25, -0.2) is 0 Å². The molecule has 1 atom stereocenters. The van der Waals surface area contributed by atoms with E-state index in [4.69, 9.17) is 4.74 Å². The van der Waals surface area contributed by atoms with Gasteiger partial charge in [0.1, 0.15) is 5.75 Å². The van der Waals surface area contributed by atoms with Crippen molar-refractivity contribution in [3.05, 3.63) is 65.7 Å². The van der Waals surface area contributed by atoms with Gasteiger partial charge in [-0.05, 0) is 24.1 Å². The van der Waals surface area contributed by atoms with E-state index >= 15 is 0 Å². The molecule has 0 aliphatic carbocycles. The van der Waals surface area contributed by atoms with Crippen LogP contribution in [0.15, 0.2) is 54.6 Å². The first-order valence-corrected chi connectivity index (χ1v) is 6.43. The third-order valence-corrected chi connectivity index (χ3v) is 3.21. The lowest BCUT2D eigenvalue weighted by atomic mass is 9.93. The highest BCUT2D eigenvalue weighted by molar-refractivity contribution is 5.97. The summed E-state index contributed by atoms with van der Waals surface area (Å²) < 4.78 is 5.12. The van der Waals surface area contributed by atoms with Gasteiger partial charge in [-0.2, -0.15) is 0 Å². The Kier molecular flexibility index (Phi) is 4.35. The Morgan fingerprint density at radius 2 is 1.68 bits per heavy atom. The minimum atomic E-state index is -0.0178. The number of ketones is 1. The van der Waals surface area contributed by atoms with Crippen molar-refractivity contribution in [1.82, 2.24) is 0 Å². The molecule has 0 radical (unpaired) electrons. The second kappa shape index (κ2) is 6.19. The van der Waals surface area contributed by atoms with E-state index in [0.29, 0.717) is 0 Å². The van der Waals surface area contributed by atoms with Crippen LogP contribution >= 0.6 is 0 Å². The number of rotatable bonds is 5. The molecule has 0 heterocycles. The van der Waals surface area contributed by atoms with Crippen LogP contribution in [0.5, 0.6) is 5.75 Å². The Balaban J connectivity index is 2.04. The summed E-state index contributed by atoms with van der Waals surface area (Å²) in [6, 6.07) is 17.3. The fourth-order valence-electron chi connectivity index (χ4n) is 2.09. The molecule has 2 rings (SSSR count). The lowest BCUT2D eigenvalue weighted by Gasteiger charge is -2.11. The molecule has 0 N–H and O–H groups in total. The molecule has 0 bridgehead atoms. The maximum atomic E-state index is 12.2. The number of carbonyl (C=O) groups excluding carboxylic acids is 1. The zero-order valence-corrected chi connectivity index (χ0v) is 11.3. The zero-order valence-electron chi connectivity index (χ0n) is 11.3. The minimum absolute atomic E-state index is 0.0178. The Morgan fingerprint density at radius 1 is 1.05 bits per heavy atom. The Bertz CT molecular complexity index is 529. The molecule has 19 heavy (non-hydrogen) atoms. The van der Waals surface area contributed by atoms with E-state index in [1.54, 1.807) is 7.11 Å². The van der Waals surface area contributed by atoms with Crippen molar-refractivity contribution in [2.45, 2.75) is 13.3 Å². The molecule has 1 unspecified atom stereocenters. The first-order chi connectivity index (χ1) is 9.20. The average molecular weight is 254 g/mol. The van der Waals surface area contributed by atoms with Crippen molar-refractivity contribution in [3.8, 4) is 5.75 Å². The number of hydrogen-bond donors (Lipinski definition) is 0. The molecule has 0 aliphatic heterocycles. The molecule has 2 aromatic rings. The fraction of sp³-hybridized carbons (Fsp3) is 0.235. The maximum absolute atomic E-state index is 12.2. The van der Waals surface area contributed by atoms with Crippen LogP contribution in [0.3, 0.4) is 0 Å². The SMILES string of the molecule is COc1ccc(CC(C)C(=O)c2ccccc2)cc1. The van der Waals surface area contributed by atoms with Gasteiger partial charge in [-0.15, -0.1) is 0 Å². The molecule has 2 nitrogen and oxygen atoms in total. The highest BCUT2D eigenvalue weighted by Gasteiger charge is 2.15. The Labute approximate surface area is 114 Å². The standard InChI is InChI=1S/C17H18O2/c1-13(17(18)15-6-4-3-5-7-15)12-14-8-10-16(19-2)11-9-14/h3-11,13H,12H2,1-2H3. The van der Waals surface area contributed by atoms with Crippen molar-refractivity contribution in [2.24, 2.45) is 5.92 Å². The van der Waals surface area contributed by atoms with E-state index in [1.165, 1.54) is 0 Å². The van der Waals surface area contributed by atoms with E-state index in [2.05, 4.69) is 0 Å². The summed E-state index contributed by atoms with van der Waals surface area (Å²) in [4.78, 5) is 12.2. The summed E-state index contributed by atoms with van der Waals surface area (Å²) in [5.41, 5.74) is 1.93. The minimum Gasteiger partial charge on any atom is -0.497 e. The molecule has 0 aromatic heterocycles. The van der Waals surface area contributed by atoms with Crippen molar-refractivity contribution in [2.75, 3.05) is 7.11 Å². The van der Waals surface area contributed by atoms with Crippen LogP contribution < -0.4 is 4.74 Å². The van der Waals surface area contributed by atoms with Gasteiger partial charge in [0.05, 0.1) is 7.11 Å². The van der Waals surface area contributed by atoms with E-state index in [1.807, 2.05) is 61.5 Å². The molecule has 98 valence electrons. The first-order valence-electron chi connectivity index (χ1n) is 6.43. The number of carbonyl (C=O) groups is 1. The maximum Gasteiger partial charge on any atom is 0.165 e. The van der Waals surface area contributed by atoms with Gasteiger partial charge in [0.15, 0.2) is 5.78 Å². The topological polar surface area (TPSA) is 26.3 Å². The van der Waals surface area contributed by atoms with Crippen LogP contribution in [0.25, 0.3) is 0 Å². The van der Waals surface area contributed by atoms with Gasteiger partial charge in [0, 0.05) is 11.5 Å². The van der Waals surface area contributed by atoms with Crippen LogP contribution in [0.4, 0.5) is 0 Å². The summed E-state index contributed by atoms with van der Waals surface area (Å²) in [6.07, 6.45) is 0.748. The molecule has 0 spiro atoms. The molecule has 0 aliphatic rings. The predicted octanol–water partition coefficient (Wildman–Crippen LogP) is 3.76. The summed E-state index contributed by atoms with van der Waals surface area (Å²) in [7, 11) is 1.65. The van der Waals surface area contributed by atoms with Gasteiger partial charge in [0.2, 0.25) is 0 Å². The average Bonchev–Trinajstić information content (AvgIpc) is 2.48. The van der Waals surface area contributed by atoms with Gasteiger partial charge >= 0.3 is 0 Å². The molecular formula is C17H18O2. The number of benzene rings is 2. The van der Waals surface area contributed by atoms with E-state index in [9.17, 15) is 4.79 Å². The van der Waals surface area contributed by atoms with Gasteiger partial charge in [-0.1, -0.05) is 49.4 Å². The van der Waals surface area contributed by atoms with E-state index in [-0.39, 0.29) is 11.7 Å². The van der Waals surface area contributed by atoms with Crippen LogP contribution in [-0.2, 0) is 6.42 Å². The van der Waals surface area contributed by atoms with Crippen molar-refractivity contribution in [1.29, 1.82) is 0 Å². The molecule has 0 saturated heterocycles. The number of methoxy groups -OCH3 is 1. The van der Waals surface area contributed by atoms with E-state index in [0.717, 1.165) is 23.3 Å². The third-order valence-electron chi connectivity index (χ3n) is 3.21. The van der Waals surface area contributed by atoms with Crippen LogP contribution in [0.2, 0.25) is 0 Å². The summed E-state index contributed by atoms with van der Waals surface area (Å²) >= 11 is 0. The molecule has 0 saturated carbocycles. The van der Waals surface area contributed by atoms with Crippen molar-refractivity contribution in [3.63, 3.8) is 0 Å². The number of Topliss-reactive ketones (excluding diaryl/α,β-unsaturated/α-hetero) is 1. The van der Waals surface area contributed by atoms with Crippen LogP contribution in [-0.4, -0.2) is 12.9 Å². The van der Waals surface area contributed by atoms with Crippen LogP contribution in [0, 0.1) is 5.92 Å². The summed E-state index contributed by atoms with van der Waals surface area (Å²) in [5.74, 6) is 1.01.